The Labute approximate surface area is 192 Å². The lowest BCUT2D eigenvalue weighted by molar-refractivity contribution is -0.143. The maximum absolute atomic E-state index is 13.4. The molecule has 0 aliphatic heterocycles. The lowest BCUT2D eigenvalue weighted by atomic mass is 10.1. The highest BCUT2D eigenvalue weighted by molar-refractivity contribution is 5.94. The van der Waals surface area contributed by atoms with Crippen molar-refractivity contribution in [3.63, 3.8) is 0 Å². The summed E-state index contributed by atoms with van der Waals surface area (Å²) in [5.74, 6) is 1.46. The van der Waals surface area contributed by atoms with Crippen LogP contribution in [0, 0.1) is 11.8 Å². The van der Waals surface area contributed by atoms with Crippen molar-refractivity contribution < 1.29 is 14.3 Å². The Bertz CT molecular complexity index is 916. The van der Waals surface area contributed by atoms with E-state index < -0.39 is 0 Å². The van der Waals surface area contributed by atoms with E-state index in [0.717, 1.165) is 55.8 Å². The molecule has 0 aromatic carbocycles. The van der Waals surface area contributed by atoms with Crippen LogP contribution in [0.4, 0.5) is 0 Å². The van der Waals surface area contributed by atoms with Crippen LogP contribution >= 0.6 is 0 Å². The van der Waals surface area contributed by atoms with Gasteiger partial charge in [-0.25, -0.2) is 4.98 Å². The molecule has 0 radical (unpaired) electrons. The molecule has 3 rings (SSSR count). The van der Waals surface area contributed by atoms with Gasteiger partial charge in [0.25, 0.3) is 5.91 Å². The lowest BCUT2D eigenvalue weighted by Gasteiger charge is -2.24. The zero-order valence-electron chi connectivity index (χ0n) is 20.4. The average molecular weight is 442 g/mol. The Kier molecular flexibility index (Phi) is 8.32. The summed E-state index contributed by atoms with van der Waals surface area (Å²) in [5.41, 5.74) is 3.65. The number of hydrogen-bond donors (Lipinski definition) is 0. The molecular formula is C26H39N3O3. The minimum absolute atomic E-state index is 0.0752. The summed E-state index contributed by atoms with van der Waals surface area (Å²) in [6.45, 7) is 12.5. The molecular weight excluding hydrogens is 402 g/mol. The predicted molar refractivity (Wildman–Crippen MR) is 127 cm³/mol. The molecule has 2 aromatic rings. The standard InChI is InChI=1S/C26H39N3O3/c1-6-32-24(30)12-10-22-25(20-7-8-20)27-23-11-9-21(17-29(22)23)26(31)28(15-13-18(2)3)16-14-19(4)5/h9,11,17-20H,6-8,10,12-16H2,1-5H3. The summed E-state index contributed by atoms with van der Waals surface area (Å²) in [6, 6.07) is 3.84. The van der Waals surface area contributed by atoms with Crippen molar-refractivity contribution >= 4 is 17.5 Å². The Morgan fingerprint density at radius 1 is 1.12 bits per heavy atom. The minimum atomic E-state index is -0.190. The second kappa shape index (κ2) is 11.0. The molecule has 1 saturated carbocycles. The number of aryl methyl sites for hydroxylation is 1. The van der Waals surface area contributed by atoms with E-state index in [2.05, 4.69) is 27.7 Å². The van der Waals surface area contributed by atoms with Crippen LogP contribution in [-0.4, -0.2) is 45.9 Å². The van der Waals surface area contributed by atoms with Gasteiger partial charge >= 0.3 is 5.97 Å². The van der Waals surface area contributed by atoms with Crippen LogP contribution in [0.1, 0.15) is 94.4 Å². The van der Waals surface area contributed by atoms with Gasteiger partial charge in [0, 0.05) is 37.3 Å². The maximum atomic E-state index is 13.4. The quantitative estimate of drug-likeness (QED) is 0.423. The summed E-state index contributed by atoms with van der Waals surface area (Å²) < 4.78 is 7.16. The van der Waals surface area contributed by atoms with Gasteiger partial charge in [-0.3, -0.25) is 9.59 Å². The van der Waals surface area contributed by atoms with Gasteiger partial charge in [0.15, 0.2) is 0 Å². The molecule has 176 valence electrons. The van der Waals surface area contributed by atoms with Gasteiger partial charge in [-0.2, -0.15) is 0 Å². The fourth-order valence-corrected chi connectivity index (χ4v) is 3.95. The van der Waals surface area contributed by atoms with Crippen LogP contribution in [-0.2, 0) is 16.0 Å². The number of aromatic nitrogens is 2. The largest absolute Gasteiger partial charge is 0.466 e. The van der Waals surface area contributed by atoms with Crippen molar-refractivity contribution in [2.75, 3.05) is 19.7 Å². The number of ether oxygens (including phenoxy) is 1. The van der Waals surface area contributed by atoms with E-state index in [1.165, 1.54) is 0 Å². The Balaban J connectivity index is 1.87. The first-order valence-electron chi connectivity index (χ1n) is 12.3. The number of rotatable bonds is 12. The van der Waals surface area contributed by atoms with Crippen molar-refractivity contribution in [2.45, 2.75) is 79.1 Å². The third-order valence-electron chi connectivity index (χ3n) is 6.07. The van der Waals surface area contributed by atoms with Crippen LogP contribution in [0.2, 0.25) is 0 Å². The molecule has 0 atom stereocenters. The van der Waals surface area contributed by atoms with Crippen LogP contribution in [0.25, 0.3) is 5.65 Å². The normalized spacial score (nSPS) is 13.8. The number of carbonyl (C=O) groups excluding carboxylic acids is 2. The Hall–Kier alpha value is -2.37. The van der Waals surface area contributed by atoms with E-state index in [0.29, 0.717) is 42.8 Å². The SMILES string of the molecule is CCOC(=O)CCc1c(C2CC2)nc2ccc(C(=O)N(CCC(C)C)CCC(C)C)cn12. The van der Waals surface area contributed by atoms with Gasteiger partial charge in [0.1, 0.15) is 5.65 Å². The lowest BCUT2D eigenvalue weighted by Crippen LogP contribution is -2.34. The number of fused-ring (bicyclic) bond motifs is 1. The van der Waals surface area contributed by atoms with Crippen molar-refractivity contribution in [2.24, 2.45) is 11.8 Å². The first kappa shape index (κ1) is 24.3. The van der Waals surface area contributed by atoms with E-state index in [-0.39, 0.29) is 11.9 Å². The van der Waals surface area contributed by atoms with E-state index in [1.807, 2.05) is 34.6 Å². The number of imidazole rings is 1. The number of pyridine rings is 1. The van der Waals surface area contributed by atoms with E-state index in [9.17, 15) is 9.59 Å². The zero-order chi connectivity index (χ0) is 23.3. The maximum Gasteiger partial charge on any atom is 0.306 e. The van der Waals surface area contributed by atoms with Gasteiger partial charge < -0.3 is 14.0 Å². The smallest absolute Gasteiger partial charge is 0.306 e. The second-order valence-electron chi connectivity index (χ2n) is 9.83. The predicted octanol–water partition coefficient (Wildman–Crippen LogP) is 5.24. The van der Waals surface area contributed by atoms with Gasteiger partial charge in [-0.15, -0.1) is 0 Å². The van der Waals surface area contributed by atoms with Crippen LogP contribution in [0.5, 0.6) is 0 Å². The monoisotopic (exact) mass is 441 g/mol. The molecule has 1 aliphatic rings. The third-order valence-corrected chi connectivity index (χ3v) is 6.07. The molecule has 32 heavy (non-hydrogen) atoms. The molecule has 2 aromatic heterocycles. The molecule has 2 heterocycles. The summed E-state index contributed by atoms with van der Waals surface area (Å²) >= 11 is 0. The third kappa shape index (κ3) is 6.33. The van der Waals surface area contributed by atoms with E-state index in [1.54, 1.807) is 0 Å². The van der Waals surface area contributed by atoms with Gasteiger partial charge in [-0.05, 0) is 56.6 Å². The van der Waals surface area contributed by atoms with Crippen LogP contribution < -0.4 is 0 Å². The molecule has 6 nitrogen and oxygen atoms in total. The minimum Gasteiger partial charge on any atom is -0.466 e. The van der Waals surface area contributed by atoms with Gasteiger partial charge in [0.05, 0.1) is 24.3 Å². The fraction of sp³-hybridized carbons (Fsp3) is 0.654. The molecule has 0 unspecified atom stereocenters. The van der Waals surface area contributed by atoms with E-state index in [4.69, 9.17) is 9.72 Å². The molecule has 0 saturated heterocycles. The second-order valence-corrected chi connectivity index (χ2v) is 9.83. The molecule has 0 spiro atoms. The molecule has 1 aliphatic carbocycles. The van der Waals surface area contributed by atoms with Crippen LogP contribution in [0.15, 0.2) is 18.3 Å². The molecule has 1 amide bonds. The first-order valence-corrected chi connectivity index (χ1v) is 12.3. The topological polar surface area (TPSA) is 63.9 Å². The highest BCUT2D eigenvalue weighted by Gasteiger charge is 2.30. The molecule has 0 N–H and O–H groups in total. The number of amides is 1. The van der Waals surface area contributed by atoms with Crippen molar-refractivity contribution in [3.05, 3.63) is 35.3 Å². The van der Waals surface area contributed by atoms with Crippen molar-refractivity contribution in [1.82, 2.24) is 14.3 Å². The number of carbonyl (C=O) groups is 2. The summed E-state index contributed by atoms with van der Waals surface area (Å²) in [5, 5.41) is 0. The fourth-order valence-electron chi connectivity index (χ4n) is 3.95. The molecule has 6 heteroatoms. The number of esters is 1. The summed E-state index contributed by atoms with van der Waals surface area (Å²) in [6.07, 6.45) is 7.10. The summed E-state index contributed by atoms with van der Waals surface area (Å²) in [4.78, 5) is 32.3. The van der Waals surface area contributed by atoms with Crippen molar-refractivity contribution in [3.8, 4) is 0 Å². The zero-order valence-corrected chi connectivity index (χ0v) is 20.4. The number of hydrogen-bond acceptors (Lipinski definition) is 4. The number of nitrogens with zero attached hydrogens (tertiary/aromatic N) is 3. The van der Waals surface area contributed by atoms with E-state index >= 15 is 0 Å². The highest BCUT2D eigenvalue weighted by Crippen LogP contribution is 2.41. The van der Waals surface area contributed by atoms with Gasteiger partial charge in [-0.1, -0.05) is 27.7 Å². The highest BCUT2D eigenvalue weighted by atomic mass is 16.5. The average Bonchev–Trinajstić information content (AvgIpc) is 3.52. The Morgan fingerprint density at radius 2 is 1.78 bits per heavy atom. The van der Waals surface area contributed by atoms with Gasteiger partial charge in [0.2, 0.25) is 0 Å². The molecule has 1 fully saturated rings. The summed E-state index contributed by atoms with van der Waals surface area (Å²) in [7, 11) is 0. The Morgan fingerprint density at radius 3 is 2.34 bits per heavy atom. The van der Waals surface area contributed by atoms with Crippen molar-refractivity contribution in [1.29, 1.82) is 0 Å². The molecule has 0 bridgehead atoms. The van der Waals surface area contributed by atoms with Crippen LogP contribution in [0.3, 0.4) is 0 Å². The first-order chi connectivity index (χ1) is 15.3.